The van der Waals surface area contributed by atoms with E-state index < -0.39 is 6.04 Å². The molecule has 3 aromatic heterocycles. The van der Waals surface area contributed by atoms with Crippen molar-refractivity contribution in [2.75, 3.05) is 5.32 Å². The number of hydrogen-bond acceptors (Lipinski definition) is 5. The number of aromatic nitrogens is 3. The van der Waals surface area contributed by atoms with Crippen LogP contribution in [0.4, 0.5) is 5.82 Å². The van der Waals surface area contributed by atoms with Gasteiger partial charge in [-0.1, -0.05) is 12.1 Å². The zero-order chi connectivity index (χ0) is 17.1. The molecule has 3 heterocycles. The molecule has 0 aromatic carbocycles. The van der Waals surface area contributed by atoms with E-state index in [0.717, 1.165) is 10.4 Å². The molecule has 24 heavy (non-hydrogen) atoms. The van der Waals surface area contributed by atoms with Gasteiger partial charge in [0.1, 0.15) is 17.6 Å². The summed E-state index contributed by atoms with van der Waals surface area (Å²) >= 11 is 1.53. The van der Waals surface area contributed by atoms with Crippen molar-refractivity contribution in [3.8, 4) is 10.6 Å². The van der Waals surface area contributed by atoms with Gasteiger partial charge < -0.3 is 5.32 Å². The number of anilines is 1. The predicted octanol–water partition coefficient (Wildman–Crippen LogP) is 2.87. The van der Waals surface area contributed by atoms with Gasteiger partial charge in [-0.3, -0.25) is 9.59 Å². The van der Waals surface area contributed by atoms with Gasteiger partial charge in [0.15, 0.2) is 0 Å². The van der Waals surface area contributed by atoms with E-state index in [2.05, 4.69) is 15.4 Å². The number of rotatable bonds is 4. The molecule has 0 saturated heterocycles. The summed E-state index contributed by atoms with van der Waals surface area (Å²) in [5, 5.41) is 9.01. The first-order valence-electron chi connectivity index (χ1n) is 7.42. The third kappa shape index (κ3) is 3.26. The van der Waals surface area contributed by atoms with Gasteiger partial charge in [-0.2, -0.15) is 5.10 Å². The van der Waals surface area contributed by atoms with Gasteiger partial charge in [-0.05, 0) is 43.0 Å². The van der Waals surface area contributed by atoms with Crippen LogP contribution in [0.2, 0.25) is 0 Å². The van der Waals surface area contributed by atoms with Crippen LogP contribution in [0.1, 0.15) is 18.5 Å². The van der Waals surface area contributed by atoms with Crippen LogP contribution in [0.15, 0.2) is 52.8 Å². The van der Waals surface area contributed by atoms with E-state index >= 15 is 0 Å². The minimum absolute atomic E-state index is 0.323. The largest absolute Gasteiger partial charge is 0.309 e. The smallest absolute Gasteiger partial charge is 0.267 e. The number of carbonyl (C=O) groups is 1. The second kappa shape index (κ2) is 6.76. The second-order valence-corrected chi connectivity index (χ2v) is 6.26. The first kappa shape index (κ1) is 16.1. The molecule has 0 aliphatic rings. The molecule has 0 fully saturated rings. The van der Waals surface area contributed by atoms with Crippen LogP contribution in [0.5, 0.6) is 0 Å². The molecular weight excluding hydrogens is 324 g/mol. The Morgan fingerprint density at radius 1 is 1.25 bits per heavy atom. The highest BCUT2D eigenvalue weighted by atomic mass is 32.1. The molecule has 0 radical (unpaired) electrons. The van der Waals surface area contributed by atoms with Crippen molar-refractivity contribution in [1.82, 2.24) is 14.8 Å². The molecule has 0 spiro atoms. The first-order chi connectivity index (χ1) is 11.6. The Kier molecular flexibility index (Phi) is 4.52. The molecule has 0 unspecified atom stereocenters. The summed E-state index contributed by atoms with van der Waals surface area (Å²) in [6.45, 7) is 3.50. The molecule has 0 bridgehead atoms. The fourth-order valence-corrected chi connectivity index (χ4v) is 2.90. The fourth-order valence-electron chi connectivity index (χ4n) is 2.21. The topological polar surface area (TPSA) is 76.9 Å². The van der Waals surface area contributed by atoms with Crippen LogP contribution >= 0.6 is 11.3 Å². The quantitative estimate of drug-likeness (QED) is 0.792. The molecule has 3 aromatic rings. The van der Waals surface area contributed by atoms with Crippen LogP contribution in [0.3, 0.4) is 0 Å². The monoisotopic (exact) mass is 340 g/mol. The highest BCUT2D eigenvalue weighted by molar-refractivity contribution is 7.13. The molecular formula is C17H16N4O2S. The standard InChI is InChI=1S/C17H16N4O2S/c1-11-5-3-9-18-16(11)19-17(23)12(2)21-15(22)8-7-13(20-21)14-6-4-10-24-14/h3-10,12H,1-2H3,(H,18,19,23)/t12-/m0/s1. The van der Waals surface area contributed by atoms with Crippen LogP contribution in [-0.2, 0) is 4.79 Å². The highest BCUT2D eigenvalue weighted by Crippen LogP contribution is 2.21. The maximum atomic E-state index is 12.5. The van der Waals surface area contributed by atoms with E-state index in [4.69, 9.17) is 0 Å². The minimum Gasteiger partial charge on any atom is -0.309 e. The Hall–Kier alpha value is -2.80. The average molecular weight is 340 g/mol. The van der Waals surface area contributed by atoms with E-state index in [1.54, 1.807) is 25.3 Å². The molecule has 122 valence electrons. The van der Waals surface area contributed by atoms with E-state index in [9.17, 15) is 9.59 Å². The first-order valence-corrected chi connectivity index (χ1v) is 8.30. The normalized spacial score (nSPS) is 11.9. The van der Waals surface area contributed by atoms with E-state index in [1.807, 2.05) is 30.5 Å². The zero-order valence-electron chi connectivity index (χ0n) is 13.3. The van der Waals surface area contributed by atoms with Crippen molar-refractivity contribution in [1.29, 1.82) is 0 Å². The van der Waals surface area contributed by atoms with Crippen molar-refractivity contribution in [3.05, 3.63) is 63.9 Å². The molecule has 1 N–H and O–H groups in total. The number of hydrogen-bond donors (Lipinski definition) is 1. The minimum atomic E-state index is -0.751. The summed E-state index contributed by atoms with van der Waals surface area (Å²) in [6, 6.07) is 9.83. The summed E-state index contributed by atoms with van der Waals surface area (Å²) < 4.78 is 1.20. The molecule has 7 heteroatoms. The SMILES string of the molecule is Cc1cccnc1NC(=O)[C@H](C)n1nc(-c2cccs2)ccc1=O. The molecule has 6 nitrogen and oxygen atoms in total. The molecule has 1 atom stereocenters. The second-order valence-electron chi connectivity index (χ2n) is 5.31. The van der Waals surface area contributed by atoms with Crippen molar-refractivity contribution < 1.29 is 4.79 Å². The highest BCUT2D eigenvalue weighted by Gasteiger charge is 2.19. The van der Waals surface area contributed by atoms with Gasteiger partial charge in [0.2, 0.25) is 5.91 Å². The van der Waals surface area contributed by atoms with Crippen LogP contribution in [0, 0.1) is 6.92 Å². The number of pyridine rings is 1. The van der Waals surface area contributed by atoms with E-state index in [-0.39, 0.29) is 11.5 Å². The number of thiophene rings is 1. The summed E-state index contributed by atoms with van der Waals surface area (Å²) in [4.78, 5) is 29.7. The lowest BCUT2D eigenvalue weighted by molar-refractivity contribution is -0.119. The van der Waals surface area contributed by atoms with Gasteiger partial charge in [0, 0.05) is 12.3 Å². The van der Waals surface area contributed by atoms with Crippen molar-refractivity contribution in [3.63, 3.8) is 0 Å². The van der Waals surface area contributed by atoms with Gasteiger partial charge in [-0.15, -0.1) is 11.3 Å². The number of nitrogens with one attached hydrogen (secondary N) is 1. The van der Waals surface area contributed by atoms with Crippen molar-refractivity contribution >= 4 is 23.1 Å². The number of aryl methyl sites for hydroxylation is 1. The summed E-state index contributed by atoms with van der Waals surface area (Å²) in [7, 11) is 0. The van der Waals surface area contributed by atoms with E-state index in [1.165, 1.54) is 22.1 Å². The Bertz CT molecular complexity index is 918. The maximum Gasteiger partial charge on any atom is 0.267 e. The lowest BCUT2D eigenvalue weighted by atomic mass is 10.2. The van der Waals surface area contributed by atoms with Crippen LogP contribution in [-0.4, -0.2) is 20.7 Å². The van der Waals surface area contributed by atoms with Crippen molar-refractivity contribution in [2.45, 2.75) is 19.9 Å². The average Bonchev–Trinajstić information content (AvgIpc) is 3.11. The van der Waals surface area contributed by atoms with Gasteiger partial charge in [0.05, 0.1) is 4.88 Å². The Labute approximate surface area is 142 Å². The number of amides is 1. The lowest BCUT2D eigenvalue weighted by Crippen LogP contribution is -2.33. The summed E-state index contributed by atoms with van der Waals surface area (Å²) in [5.41, 5.74) is 1.19. The Balaban J connectivity index is 1.88. The number of nitrogens with zero attached hydrogens (tertiary/aromatic N) is 3. The Morgan fingerprint density at radius 3 is 2.79 bits per heavy atom. The molecule has 0 saturated carbocycles. The molecule has 0 aliphatic heterocycles. The third-order valence-corrected chi connectivity index (χ3v) is 4.49. The number of carbonyl (C=O) groups excluding carboxylic acids is 1. The van der Waals surface area contributed by atoms with Gasteiger partial charge >= 0.3 is 0 Å². The molecule has 3 rings (SSSR count). The molecule has 1 amide bonds. The van der Waals surface area contributed by atoms with Gasteiger partial charge in [0.25, 0.3) is 5.56 Å². The Morgan fingerprint density at radius 2 is 2.08 bits per heavy atom. The van der Waals surface area contributed by atoms with E-state index in [0.29, 0.717) is 11.5 Å². The third-order valence-electron chi connectivity index (χ3n) is 3.60. The fraction of sp³-hybridized carbons (Fsp3) is 0.176. The van der Waals surface area contributed by atoms with Crippen LogP contribution in [0.25, 0.3) is 10.6 Å². The molecule has 0 aliphatic carbocycles. The van der Waals surface area contributed by atoms with Crippen LogP contribution < -0.4 is 10.9 Å². The van der Waals surface area contributed by atoms with Crippen molar-refractivity contribution in [2.24, 2.45) is 0 Å². The van der Waals surface area contributed by atoms with Gasteiger partial charge in [-0.25, -0.2) is 9.67 Å². The summed E-state index contributed by atoms with van der Waals surface area (Å²) in [6.07, 6.45) is 1.61. The summed E-state index contributed by atoms with van der Waals surface area (Å²) in [5.74, 6) is 0.145. The zero-order valence-corrected chi connectivity index (χ0v) is 14.1. The lowest BCUT2D eigenvalue weighted by Gasteiger charge is -2.15. The predicted molar refractivity (Wildman–Crippen MR) is 94.1 cm³/mol. The maximum absolute atomic E-state index is 12.5.